The monoisotopic (exact) mass is 509 g/mol. The van der Waals surface area contributed by atoms with Crippen LogP contribution in [0.25, 0.3) is 22.6 Å². The zero-order chi connectivity index (χ0) is 26.3. The quantitative estimate of drug-likeness (QED) is 0.527. The molecule has 4 heterocycles. The summed E-state index contributed by atoms with van der Waals surface area (Å²) in [4.78, 5) is 33.6. The van der Waals surface area contributed by atoms with Crippen molar-refractivity contribution in [2.75, 3.05) is 26.0 Å². The summed E-state index contributed by atoms with van der Waals surface area (Å²) >= 11 is 0. The van der Waals surface area contributed by atoms with Gasteiger partial charge in [0.2, 0.25) is 0 Å². The number of carbonyl (C=O) groups is 1. The maximum atomic E-state index is 13.7. The van der Waals surface area contributed by atoms with E-state index in [9.17, 15) is 31.1 Å². The third-order valence-electron chi connectivity index (χ3n) is 5.14. The van der Waals surface area contributed by atoms with E-state index in [0.29, 0.717) is 0 Å². The number of fused-ring (bicyclic) bond motifs is 1. The molecule has 8 nitrogen and oxygen atoms in total. The van der Waals surface area contributed by atoms with Crippen LogP contribution < -0.4 is 5.32 Å². The Kier molecular flexibility index (Phi) is 6.37. The van der Waals surface area contributed by atoms with Crippen molar-refractivity contribution in [3.05, 3.63) is 54.0 Å². The number of amides is 1. The lowest BCUT2D eigenvalue weighted by atomic mass is 10.1. The fourth-order valence-electron chi connectivity index (χ4n) is 3.32. The van der Waals surface area contributed by atoms with Gasteiger partial charge in [-0.1, -0.05) is 6.08 Å². The fourth-order valence-corrected chi connectivity index (χ4v) is 3.32. The molecule has 0 bridgehead atoms. The molecule has 0 saturated heterocycles. The van der Waals surface area contributed by atoms with Crippen molar-refractivity contribution in [3.8, 4) is 11.4 Å². The highest BCUT2D eigenvalue weighted by Gasteiger charge is 2.38. The normalized spacial score (nSPS) is 16.1. The molecule has 1 aliphatic heterocycles. The number of hydrogen-bond acceptors (Lipinski definition) is 7. The van der Waals surface area contributed by atoms with Gasteiger partial charge >= 0.3 is 12.4 Å². The summed E-state index contributed by atoms with van der Waals surface area (Å²) in [5.74, 6) is -2.15. The van der Waals surface area contributed by atoms with Gasteiger partial charge in [0.1, 0.15) is 28.4 Å². The van der Waals surface area contributed by atoms with Crippen LogP contribution in [0.2, 0.25) is 0 Å². The van der Waals surface area contributed by atoms with Crippen LogP contribution in [0.3, 0.4) is 0 Å². The molecule has 1 unspecified atom stereocenters. The number of aromatic nitrogens is 4. The van der Waals surface area contributed by atoms with Crippen molar-refractivity contribution < 1.29 is 31.1 Å². The van der Waals surface area contributed by atoms with Gasteiger partial charge in [0, 0.05) is 20.3 Å². The summed E-state index contributed by atoms with van der Waals surface area (Å²) in [6.07, 6.45) is -4.67. The number of alkyl halides is 6. The Labute approximate surface area is 199 Å². The molecular weight excluding hydrogens is 492 g/mol. The number of hydrogen-bond donors (Lipinski definition) is 1. The molecule has 4 rings (SSSR count). The predicted molar refractivity (Wildman–Crippen MR) is 118 cm³/mol. The van der Waals surface area contributed by atoms with Crippen LogP contribution in [0.15, 0.2) is 47.7 Å². The van der Waals surface area contributed by atoms with Gasteiger partial charge in [-0.3, -0.25) is 9.79 Å². The van der Waals surface area contributed by atoms with Gasteiger partial charge in [-0.15, -0.1) is 0 Å². The lowest BCUT2D eigenvalue weighted by Gasteiger charge is -2.19. The number of carbonyl (C=O) groups excluding carboxylic acids is 1. The number of amidine groups is 1. The molecule has 1 N–H and O–H groups in total. The smallest absolute Gasteiger partial charge is 0.343 e. The molecule has 0 radical (unpaired) electrons. The second-order valence-corrected chi connectivity index (χ2v) is 7.93. The first-order valence-electron chi connectivity index (χ1n) is 10.3. The number of rotatable bonds is 3. The Balaban J connectivity index is 1.71. The van der Waals surface area contributed by atoms with Gasteiger partial charge in [-0.25, -0.2) is 19.9 Å². The number of anilines is 1. The fraction of sp³-hybridized carbons (Fsp3) is 0.273. The van der Waals surface area contributed by atoms with E-state index < -0.39 is 42.0 Å². The molecule has 0 fully saturated rings. The van der Waals surface area contributed by atoms with Crippen LogP contribution in [0.5, 0.6) is 0 Å². The van der Waals surface area contributed by atoms with Gasteiger partial charge in [-0.05, 0) is 24.3 Å². The average Bonchev–Trinajstić information content (AvgIpc) is 2.82. The molecule has 1 atom stereocenters. The average molecular weight is 509 g/mol. The van der Waals surface area contributed by atoms with E-state index in [1.54, 1.807) is 0 Å². The Hall–Kier alpha value is -4.10. The largest absolute Gasteiger partial charge is 0.418 e. The molecule has 36 heavy (non-hydrogen) atoms. The highest BCUT2D eigenvalue weighted by Crippen LogP contribution is 2.36. The number of aliphatic imine (C=N–C) groups is 1. The summed E-state index contributed by atoms with van der Waals surface area (Å²) < 4.78 is 79.5. The number of dihydropyridines is 1. The molecule has 0 aliphatic carbocycles. The van der Waals surface area contributed by atoms with E-state index in [2.05, 4.69) is 30.2 Å². The van der Waals surface area contributed by atoms with Crippen molar-refractivity contribution in [3.63, 3.8) is 0 Å². The standard InChI is InChI=1S/C22H17F6N7O/c1-35(2)20(36)14-5-4-12(22(26,27)28)17(33-14)15-10-31-18-13(7-8-29-19(18)34-15)32-16-6-3-11(9-30-16)21(23,24)25/h3-8,10-11H,9H2,1-2H3,(H,29,30,32,34). The molecule has 0 aromatic carbocycles. The minimum Gasteiger partial charge on any atom is -0.343 e. The van der Waals surface area contributed by atoms with E-state index >= 15 is 0 Å². The van der Waals surface area contributed by atoms with Crippen LogP contribution in [-0.2, 0) is 6.18 Å². The van der Waals surface area contributed by atoms with Crippen molar-refractivity contribution in [2.24, 2.45) is 10.9 Å². The van der Waals surface area contributed by atoms with E-state index in [4.69, 9.17) is 0 Å². The minimum absolute atomic E-state index is 0.0506. The van der Waals surface area contributed by atoms with Crippen molar-refractivity contribution in [1.82, 2.24) is 24.8 Å². The molecular formula is C22H17F6N7O. The second-order valence-electron chi connectivity index (χ2n) is 7.93. The first kappa shape index (κ1) is 25.0. The van der Waals surface area contributed by atoms with E-state index in [1.165, 1.54) is 37.3 Å². The summed E-state index contributed by atoms with van der Waals surface area (Å²) in [5, 5.41) is 2.83. The molecule has 0 saturated carbocycles. The lowest BCUT2D eigenvalue weighted by molar-refractivity contribution is -0.158. The SMILES string of the molecule is CN(C)C(=O)c1ccc(C(F)(F)F)c(-c2cnc3c(NC4=NCC(C(F)(F)F)C=C4)ccnc3n2)n1. The van der Waals surface area contributed by atoms with Crippen molar-refractivity contribution >= 4 is 28.6 Å². The first-order chi connectivity index (χ1) is 16.8. The first-order valence-corrected chi connectivity index (χ1v) is 10.3. The topological polar surface area (TPSA) is 96.3 Å². The van der Waals surface area contributed by atoms with Gasteiger partial charge in [0.25, 0.3) is 5.91 Å². The Bertz CT molecular complexity index is 1380. The van der Waals surface area contributed by atoms with Crippen LogP contribution in [0.4, 0.5) is 32.0 Å². The summed E-state index contributed by atoms with van der Waals surface area (Å²) in [6.45, 7) is -0.491. The number of pyridine rings is 2. The molecule has 0 spiro atoms. The summed E-state index contributed by atoms with van der Waals surface area (Å²) in [7, 11) is 2.87. The minimum atomic E-state index is -4.78. The van der Waals surface area contributed by atoms with Gasteiger partial charge in [0.05, 0.1) is 29.9 Å². The maximum absolute atomic E-state index is 13.7. The predicted octanol–water partition coefficient (Wildman–Crippen LogP) is 4.37. The highest BCUT2D eigenvalue weighted by molar-refractivity contribution is 6.07. The van der Waals surface area contributed by atoms with Gasteiger partial charge in [-0.2, -0.15) is 26.3 Å². The second kappa shape index (κ2) is 9.17. The Morgan fingerprint density at radius 3 is 2.42 bits per heavy atom. The third-order valence-corrected chi connectivity index (χ3v) is 5.14. The van der Waals surface area contributed by atoms with Crippen LogP contribution in [0.1, 0.15) is 16.1 Å². The lowest BCUT2D eigenvalue weighted by Crippen LogP contribution is -2.27. The Morgan fingerprint density at radius 1 is 1.06 bits per heavy atom. The molecule has 1 aliphatic rings. The number of nitrogens with one attached hydrogen (secondary N) is 1. The third kappa shape index (κ3) is 5.11. The zero-order valence-electron chi connectivity index (χ0n) is 18.7. The summed E-state index contributed by atoms with van der Waals surface area (Å²) in [6, 6.07) is 3.20. The zero-order valence-corrected chi connectivity index (χ0v) is 18.7. The van der Waals surface area contributed by atoms with E-state index in [-0.39, 0.29) is 34.1 Å². The number of halogens is 6. The number of nitrogens with zero attached hydrogens (tertiary/aromatic N) is 6. The molecule has 1 amide bonds. The van der Waals surface area contributed by atoms with E-state index in [1.807, 2.05) is 0 Å². The molecule has 188 valence electrons. The van der Waals surface area contributed by atoms with Crippen molar-refractivity contribution in [1.29, 1.82) is 0 Å². The molecule has 3 aromatic rings. The van der Waals surface area contributed by atoms with Crippen LogP contribution in [-0.4, -0.2) is 63.4 Å². The van der Waals surface area contributed by atoms with Crippen LogP contribution >= 0.6 is 0 Å². The van der Waals surface area contributed by atoms with E-state index in [0.717, 1.165) is 24.4 Å². The van der Waals surface area contributed by atoms with Crippen molar-refractivity contribution in [2.45, 2.75) is 12.4 Å². The Morgan fingerprint density at radius 2 is 1.81 bits per heavy atom. The van der Waals surface area contributed by atoms with Gasteiger partial charge < -0.3 is 10.2 Å². The van der Waals surface area contributed by atoms with Gasteiger partial charge in [0.15, 0.2) is 5.65 Å². The molecule has 3 aromatic heterocycles. The molecule has 14 heteroatoms. The maximum Gasteiger partial charge on any atom is 0.418 e. The highest BCUT2D eigenvalue weighted by atomic mass is 19.4. The van der Waals surface area contributed by atoms with Crippen LogP contribution in [0, 0.1) is 5.92 Å². The summed E-state index contributed by atoms with van der Waals surface area (Å²) in [5.41, 5.74) is -1.81.